The Bertz CT molecular complexity index is 505. The second-order valence-corrected chi connectivity index (χ2v) is 5.98. The molecule has 0 aliphatic heterocycles. The highest BCUT2D eigenvalue weighted by Gasteiger charge is 2.30. The van der Waals surface area contributed by atoms with Gasteiger partial charge in [0.15, 0.2) is 0 Å². The third-order valence-corrected chi connectivity index (χ3v) is 4.95. The van der Waals surface area contributed by atoms with Gasteiger partial charge in [0, 0.05) is 10.5 Å². The van der Waals surface area contributed by atoms with Gasteiger partial charge in [-0.15, -0.1) is 0 Å². The average Bonchev–Trinajstić information content (AvgIpc) is 2.72. The fourth-order valence-electron chi connectivity index (χ4n) is 2.29. The van der Waals surface area contributed by atoms with Crippen molar-refractivity contribution in [2.45, 2.75) is 25.5 Å². The largest absolute Gasteiger partial charge is 0.478 e. The lowest BCUT2D eigenvalue weighted by atomic mass is 10.2. The second-order valence-electron chi connectivity index (χ2n) is 4.56. The minimum absolute atomic E-state index is 0.112. The van der Waals surface area contributed by atoms with E-state index in [2.05, 4.69) is 0 Å². The van der Waals surface area contributed by atoms with Crippen LogP contribution in [0.1, 0.15) is 25.3 Å². The van der Waals surface area contributed by atoms with Gasteiger partial charge in [-0.2, -0.15) is 0 Å². The van der Waals surface area contributed by atoms with Gasteiger partial charge in [-0.3, -0.25) is 4.21 Å². The summed E-state index contributed by atoms with van der Waals surface area (Å²) in [6.07, 6.45) is 1.32. The van der Waals surface area contributed by atoms with Crippen LogP contribution in [0, 0.1) is 5.92 Å². The molecule has 1 aliphatic carbocycles. The van der Waals surface area contributed by atoms with Crippen LogP contribution in [0.3, 0.4) is 0 Å². The summed E-state index contributed by atoms with van der Waals surface area (Å²) in [6, 6.07) is 9.54. The Hall–Kier alpha value is -1.42. The van der Waals surface area contributed by atoms with Gasteiger partial charge in [-0.25, -0.2) is 4.79 Å². The van der Waals surface area contributed by atoms with E-state index in [1.807, 2.05) is 37.3 Å². The van der Waals surface area contributed by atoms with Gasteiger partial charge in [0.05, 0.1) is 16.6 Å². The molecule has 2 unspecified atom stereocenters. The molecule has 0 saturated carbocycles. The molecule has 3 nitrogen and oxygen atoms in total. The maximum Gasteiger partial charge on any atom is 0.332 e. The third-order valence-electron chi connectivity index (χ3n) is 3.22. The molecule has 0 fully saturated rings. The molecule has 96 valence electrons. The Morgan fingerprint density at radius 3 is 2.67 bits per heavy atom. The molecule has 18 heavy (non-hydrogen) atoms. The summed E-state index contributed by atoms with van der Waals surface area (Å²) in [7, 11) is -1.23. The molecule has 0 amide bonds. The van der Waals surface area contributed by atoms with E-state index in [1.165, 1.54) is 0 Å². The zero-order chi connectivity index (χ0) is 13.1. The predicted molar refractivity (Wildman–Crippen MR) is 71.3 cm³/mol. The number of carboxylic acids is 1. The van der Waals surface area contributed by atoms with Crippen LogP contribution in [0.25, 0.3) is 0 Å². The highest BCUT2D eigenvalue weighted by atomic mass is 32.2. The molecule has 0 heterocycles. The molecule has 2 atom stereocenters. The van der Waals surface area contributed by atoms with E-state index in [-0.39, 0.29) is 5.92 Å². The minimum Gasteiger partial charge on any atom is -0.478 e. The molecule has 1 aromatic rings. The van der Waals surface area contributed by atoms with Crippen molar-refractivity contribution in [2.24, 2.45) is 5.92 Å². The molecule has 4 heteroatoms. The first-order chi connectivity index (χ1) is 8.59. The zero-order valence-electron chi connectivity index (χ0n) is 10.3. The van der Waals surface area contributed by atoms with Crippen LogP contribution < -0.4 is 0 Å². The van der Waals surface area contributed by atoms with E-state index in [9.17, 15) is 9.00 Å². The van der Waals surface area contributed by atoms with E-state index in [1.54, 1.807) is 0 Å². The zero-order valence-corrected chi connectivity index (χ0v) is 11.1. The van der Waals surface area contributed by atoms with Crippen molar-refractivity contribution in [1.29, 1.82) is 0 Å². The number of allylic oxidation sites excluding steroid dienone is 1. The summed E-state index contributed by atoms with van der Waals surface area (Å²) in [5, 5.41) is 9.12. The number of carboxylic acid groups (broad SMARTS) is 1. The minimum atomic E-state index is -1.23. The number of rotatable bonds is 4. The summed E-state index contributed by atoms with van der Waals surface area (Å²) in [5.74, 6) is -0.409. The quantitative estimate of drug-likeness (QED) is 0.909. The predicted octanol–water partition coefficient (Wildman–Crippen LogP) is 2.70. The molecule has 1 aromatic carbocycles. The van der Waals surface area contributed by atoms with Crippen molar-refractivity contribution in [3.05, 3.63) is 46.4 Å². The van der Waals surface area contributed by atoms with Crippen molar-refractivity contribution < 1.29 is 14.1 Å². The maximum atomic E-state index is 12.3. The van der Waals surface area contributed by atoms with Crippen LogP contribution in [0.5, 0.6) is 0 Å². The molecule has 1 N–H and O–H groups in total. The molecule has 0 spiro atoms. The topological polar surface area (TPSA) is 54.4 Å². The fourth-order valence-corrected chi connectivity index (χ4v) is 3.97. The summed E-state index contributed by atoms with van der Waals surface area (Å²) in [6.45, 7) is 1.95. The highest BCUT2D eigenvalue weighted by Crippen LogP contribution is 2.35. The Morgan fingerprint density at radius 2 is 2.06 bits per heavy atom. The van der Waals surface area contributed by atoms with Gasteiger partial charge in [0.1, 0.15) is 0 Å². The lowest BCUT2D eigenvalue weighted by Crippen LogP contribution is -2.08. The first kappa shape index (κ1) is 13.0. The van der Waals surface area contributed by atoms with Crippen molar-refractivity contribution >= 4 is 16.8 Å². The Kier molecular flexibility index (Phi) is 3.97. The SMILES string of the molecule is CC1CCC(C(=O)O)=C1S(=O)Cc1ccccc1. The monoisotopic (exact) mass is 264 g/mol. The summed E-state index contributed by atoms with van der Waals surface area (Å²) in [5.41, 5.74) is 1.34. The maximum absolute atomic E-state index is 12.3. The lowest BCUT2D eigenvalue weighted by Gasteiger charge is -2.10. The van der Waals surface area contributed by atoms with E-state index in [0.29, 0.717) is 22.7 Å². The normalized spacial score (nSPS) is 21.1. The molecule has 2 rings (SSSR count). The Labute approximate surface area is 109 Å². The molecule has 1 aliphatic rings. The fraction of sp³-hybridized carbons (Fsp3) is 0.357. The van der Waals surface area contributed by atoms with Crippen LogP contribution >= 0.6 is 0 Å². The van der Waals surface area contributed by atoms with Crippen LogP contribution in [-0.2, 0) is 21.3 Å². The van der Waals surface area contributed by atoms with Gasteiger partial charge in [-0.1, -0.05) is 37.3 Å². The molecule has 0 bridgehead atoms. The number of aliphatic carboxylic acids is 1. The molecule has 0 saturated heterocycles. The van der Waals surface area contributed by atoms with E-state index >= 15 is 0 Å². The van der Waals surface area contributed by atoms with E-state index < -0.39 is 16.8 Å². The Balaban J connectivity index is 2.22. The van der Waals surface area contributed by atoms with Crippen molar-refractivity contribution in [3.8, 4) is 0 Å². The van der Waals surface area contributed by atoms with E-state index in [0.717, 1.165) is 12.0 Å². The standard InChI is InChI=1S/C14H16O3S/c1-10-7-8-12(14(15)16)13(10)18(17)9-11-5-3-2-4-6-11/h2-6,10H,7-9H2,1H3,(H,15,16). The van der Waals surface area contributed by atoms with Gasteiger partial charge in [0.2, 0.25) is 0 Å². The smallest absolute Gasteiger partial charge is 0.332 e. The van der Waals surface area contributed by atoms with Gasteiger partial charge >= 0.3 is 5.97 Å². The lowest BCUT2D eigenvalue weighted by molar-refractivity contribution is -0.132. The average molecular weight is 264 g/mol. The number of hydrogen-bond donors (Lipinski definition) is 1. The van der Waals surface area contributed by atoms with Gasteiger partial charge in [-0.05, 0) is 24.3 Å². The first-order valence-electron chi connectivity index (χ1n) is 5.98. The molecular weight excluding hydrogens is 248 g/mol. The summed E-state index contributed by atoms with van der Waals surface area (Å²) < 4.78 is 12.3. The van der Waals surface area contributed by atoms with Crippen LogP contribution in [0.2, 0.25) is 0 Å². The molecule has 0 radical (unpaired) electrons. The first-order valence-corrected chi connectivity index (χ1v) is 7.30. The van der Waals surface area contributed by atoms with Gasteiger partial charge in [0.25, 0.3) is 0 Å². The number of carbonyl (C=O) groups is 1. The summed E-state index contributed by atoms with van der Waals surface area (Å²) in [4.78, 5) is 11.8. The van der Waals surface area contributed by atoms with E-state index in [4.69, 9.17) is 5.11 Å². The van der Waals surface area contributed by atoms with Crippen LogP contribution in [0.15, 0.2) is 40.8 Å². The number of benzene rings is 1. The molecular formula is C14H16O3S. The van der Waals surface area contributed by atoms with Crippen molar-refractivity contribution in [1.82, 2.24) is 0 Å². The Morgan fingerprint density at radius 1 is 1.39 bits per heavy atom. The summed E-state index contributed by atoms with van der Waals surface area (Å²) >= 11 is 0. The van der Waals surface area contributed by atoms with Crippen LogP contribution in [-0.4, -0.2) is 15.3 Å². The number of hydrogen-bond acceptors (Lipinski definition) is 2. The van der Waals surface area contributed by atoms with Crippen molar-refractivity contribution in [2.75, 3.05) is 0 Å². The second kappa shape index (κ2) is 5.48. The van der Waals surface area contributed by atoms with Crippen molar-refractivity contribution in [3.63, 3.8) is 0 Å². The highest BCUT2D eigenvalue weighted by molar-refractivity contribution is 7.88. The van der Waals surface area contributed by atoms with Gasteiger partial charge < -0.3 is 5.11 Å². The third kappa shape index (κ3) is 2.70. The van der Waals surface area contributed by atoms with Crippen LogP contribution in [0.4, 0.5) is 0 Å². The molecule has 0 aromatic heterocycles.